The van der Waals surface area contributed by atoms with E-state index < -0.39 is 10.0 Å². The van der Waals surface area contributed by atoms with Gasteiger partial charge in [-0.2, -0.15) is 4.31 Å². The monoisotopic (exact) mass is 395 g/mol. The Morgan fingerprint density at radius 3 is 2.61 bits per heavy atom. The summed E-state index contributed by atoms with van der Waals surface area (Å²) in [6, 6.07) is 19.2. The summed E-state index contributed by atoms with van der Waals surface area (Å²) < 4.78 is 33.7. The number of ether oxygens (including phenoxy) is 1. The average Bonchev–Trinajstić information content (AvgIpc) is 2.67. The number of aryl methyl sites for hydroxylation is 1. The van der Waals surface area contributed by atoms with Crippen LogP contribution in [0.5, 0.6) is 5.75 Å². The lowest BCUT2D eigenvalue weighted by Gasteiger charge is -2.32. The van der Waals surface area contributed by atoms with E-state index >= 15 is 0 Å². The van der Waals surface area contributed by atoms with Crippen molar-refractivity contribution in [2.75, 3.05) is 7.05 Å². The van der Waals surface area contributed by atoms with Gasteiger partial charge in [0.05, 0.1) is 4.90 Å². The Hall–Kier alpha value is -2.37. The van der Waals surface area contributed by atoms with Crippen molar-refractivity contribution < 1.29 is 13.2 Å². The van der Waals surface area contributed by atoms with Gasteiger partial charge in [-0.25, -0.2) is 8.42 Å². The molecule has 0 bridgehead atoms. The average molecular weight is 396 g/mol. The van der Waals surface area contributed by atoms with Crippen LogP contribution < -0.4 is 4.74 Å². The van der Waals surface area contributed by atoms with Crippen LogP contribution in [0.1, 0.15) is 31.4 Å². The van der Waals surface area contributed by atoms with Crippen molar-refractivity contribution in [2.45, 2.75) is 43.7 Å². The van der Waals surface area contributed by atoms with E-state index in [2.05, 4.69) is 13.8 Å². The minimum Gasteiger partial charge on any atom is -0.488 e. The Kier molecular flexibility index (Phi) is 4.68. The molecule has 0 radical (unpaired) electrons. The predicted molar refractivity (Wildman–Crippen MR) is 112 cm³/mol. The van der Waals surface area contributed by atoms with Crippen LogP contribution in [0.2, 0.25) is 0 Å². The zero-order valence-corrected chi connectivity index (χ0v) is 17.3. The summed E-state index contributed by atoms with van der Waals surface area (Å²) in [6.45, 7) is 4.43. The molecule has 4 nitrogen and oxygen atoms in total. The lowest BCUT2D eigenvalue weighted by molar-refractivity contribution is 0.0845. The summed E-state index contributed by atoms with van der Waals surface area (Å²) in [6.07, 6.45) is 1.69. The lowest BCUT2D eigenvalue weighted by Crippen LogP contribution is -2.33. The van der Waals surface area contributed by atoms with Gasteiger partial charge >= 0.3 is 0 Å². The summed E-state index contributed by atoms with van der Waals surface area (Å²) in [5, 5.41) is 2.19. The Balaban J connectivity index is 1.63. The molecule has 0 unspecified atom stereocenters. The van der Waals surface area contributed by atoms with Crippen molar-refractivity contribution in [1.29, 1.82) is 0 Å². The van der Waals surface area contributed by atoms with Gasteiger partial charge in [0, 0.05) is 13.6 Å². The molecule has 0 aromatic heterocycles. The van der Waals surface area contributed by atoms with E-state index in [0.717, 1.165) is 40.5 Å². The smallest absolute Gasteiger partial charge is 0.243 e. The molecule has 3 aromatic carbocycles. The standard InChI is InChI=1S/C23H25NO3S/c1-23(2)14-13-18-15-20(11-12-22(18)27-23)28(25,26)24(3)16-19-9-6-8-17-7-4-5-10-21(17)19/h4-12,15H,13-14,16H2,1-3H3. The molecule has 0 saturated heterocycles. The minimum atomic E-state index is -3.59. The Labute approximate surface area is 166 Å². The molecule has 3 aromatic rings. The SMILES string of the molecule is CN(Cc1cccc2ccccc12)S(=O)(=O)c1ccc2c(c1)CCC(C)(C)O2. The van der Waals surface area contributed by atoms with E-state index in [1.54, 1.807) is 25.2 Å². The van der Waals surface area contributed by atoms with Crippen molar-refractivity contribution in [3.63, 3.8) is 0 Å². The largest absolute Gasteiger partial charge is 0.488 e. The first-order valence-corrected chi connectivity index (χ1v) is 11.0. The maximum atomic E-state index is 13.2. The van der Waals surface area contributed by atoms with Crippen molar-refractivity contribution in [2.24, 2.45) is 0 Å². The van der Waals surface area contributed by atoms with Crippen molar-refractivity contribution in [3.05, 3.63) is 71.8 Å². The van der Waals surface area contributed by atoms with Gasteiger partial charge in [-0.05, 0) is 66.8 Å². The van der Waals surface area contributed by atoms with Crippen LogP contribution >= 0.6 is 0 Å². The molecular formula is C23H25NO3S. The molecule has 1 heterocycles. The fourth-order valence-corrected chi connectivity index (χ4v) is 4.93. The number of hydrogen-bond donors (Lipinski definition) is 0. The molecule has 0 fully saturated rings. The van der Waals surface area contributed by atoms with Crippen LogP contribution in [0.15, 0.2) is 65.6 Å². The van der Waals surface area contributed by atoms with Gasteiger partial charge in [0.25, 0.3) is 0 Å². The van der Waals surface area contributed by atoms with Crippen molar-refractivity contribution in [1.82, 2.24) is 4.31 Å². The van der Waals surface area contributed by atoms with Gasteiger partial charge in [-0.1, -0.05) is 42.5 Å². The maximum absolute atomic E-state index is 13.2. The molecule has 0 saturated carbocycles. The molecule has 0 amide bonds. The fraction of sp³-hybridized carbons (Fsp3) is 0.304. The molecule has 1 aliphatic heterocycles. The molecule has 28 heavy (non-hydrogen) atoms. The van der Waals surface area contributed by atoms with Gasteiger partial charge in [0.2, 0.25) is 10.0 Å². The van der Waals surface area contributed by atoms with Crippen LogP contribution in [-0.2, 0) is 23.0 Å². The first-order chi connectivity index (χ1) is 13.3. The normalized spacial score (nSPS) is 16.0. The van der Waals surface area contributed by atoms with Crippen molar-refractivity contribution in [3.8, 4) is 5.75 Å². The van der Waals surface area contributed by atoms with E-state index in [1.165, 1.54) is 4.31 Å². The number of nitrogens with zero attached hydrogens (tertiary/aromatic N) is 1. The zero-order valence-electron chi connectivity index (χ0n) is 16.5. The third-order valence-corrected chi connectivity index (χ3v) is 7.20. The summed E-state index contributed by atoms with van der Waals surface area (Å²) in [5.74, 6) is 0.784. The Bertz CT molecular complexity index is 1130. The highest BCUT2D eigenvalue weighted by molar-refractivity contribution is 7.89. The molecule has 0 N–H and O–H groups in total. The minimum absolute atomic E-state index is 0.210. The molecule has 0 atom stereocenters. The van der Waals surface area contributed by atoms with E-state index in [0.29, 0.717) is 11.4 Å². The van der Waals surface area contributed by atoms with E-state index in [9.17, 15) is 8.42 Å². The quantitative estimate of drug-likeness (QED) is 0.640. The maximum Gasteiger partial charge on any atom is 0.243 e. The van der Waals surface area contributed by atoms with E-state index in [4.69, 9.17) is 4.74 Å². The van der Waals surface area contributed by atoms with Gasteiger partial charge < -0.3 is 4.74 Å². The molecule has 4 rings (SSSR count). The first kappa shape index (κ1) is 19.0. The topological polar surface area (TPSA) is 46.6 Å². The molecule has 1 aliphatic rings. The number of rotatable bonds is 4. The van der Waals surface area contributed by atoms with Gasteiger partial charge in [-0.3, -0.25) is 0 Å². The van der Waals surface area contributed by atoms with E-state index in [-0.39, 0.29) is 5.60 Å². The molecule has 0 spiro atoms. The molecular weight excluding hydrogens is 370 g/mol. The second kappa shape index (κ2) is 6.90. The highest BCUT2D eigenvalue weighted by Gasteiger charge is 2.29. The number of benzene rings is 3. The Morgan fingerprint density at radius 2 is 1.79 bits per heavy atom. The Morgan fingerprint density at radius 1 is 1.04 bits per heavy atom. The predicted octanol–water partition coefficient (Wildman–Crippen LogP) is 4.76. The summed E-state index contributed by atoms with van der Waals surface area (Å²) in [5.41, 5.74) is 1.74. The van der Waals surface area contributed by atoms with Crippen LogP contribution in [0.4, 0.5) is 0 Å². The summed E-state index contributed by atoms with van der Waals surface area (Å²) in [4.78, 5) is 0.317. The third-order valence-electron chi connectivity index (χ3n) is 5.40. The van der Waals surface area contributed by atoms with Crippen LogP contribution in [0.3, 0.4) is 0 Å². The molecule has 0 aliphatic carbocycles. The van der Waals surface area contributed by atoms with E-state index in [1.807, 2.05) is 42.5 Å². The second-order valence-electron chi connectivity index (χ2n) is 8.03. The lowest BCUT2D eigenvalue weighted by atomic mass is 9.94. The highest BCUT2D eigenvalue weighted by atomic mass is 32.2. The number of fused-ring (bicyclic) bond motifs is 2. The molecule has 146 valence electrons. The summed E-state index contributed by atoms with van der Waals surface area (Å²) >= 11 is 0. The third kappa shape index (κ3) is 3.52. The highest BCUT2D eigenvalue weighted by Crippen LogP contribution is 2.35. The van der Waals surface area contributed by atoms with Crippen LogP contribution in [-0.4, -0.2) is 25.4 Å². The fourth-order valence-electron chi connectivity index (χ4n) is 3.73. The number of hydrogen-bond acceptors (Lipinski definition) is 3. The number of sulfonamides is 1. The van der Waals surface area contributed by atoms with Gasteiger partial charge in [-0.15, -0.1) is 0 Å². The second-order valence-corrected chi connectivity index (χ2v) is 10.1. The van der Waals surface area contributed by atoms with Gasteiger partial charge in [0.1, 0.15) is 11.4 Å². The zero-order chi connectivity index (χ0) is 19.9. The molecule has 5 heteroatoms. The van der Waals surface area contributed by atoms with Crippen LogP contribution in [0, 0.1) is 0 Å². The van der Waals surface area contributed by atoms with Gasteiger partial charge in [0.15, 0.2) is 0 Å². The summed E-state index contributed by atoms with van der Waals surface area (Å²) in [7, 11) is -1.96. The van der Waals surface area contributed by atoms with Crippen LogP contribution in [0.25, 0.3) is 10.8 Å². The van der Waals surface area contributed by atoms with Crippen molar-refractivity contribution >= 4 is 20.8 Å². The first-order valence-electron chi connectivity index (χ1n) is 9.51.